The maximum absolute atomic E-state index is 12.3. The molecule has 61 heavy (non-hydrogen) atoms. The molecule has 0 bridgehead atoms. The highest BCUT2D eigenvalue weighted by Gasteiger charge is 2.11. The van der Waals surface area contributed by atoms with E-state index in [2.05, 4.69) is 4.98 Å². The van der Waals surface area contributed by atoms with Crippen molar-refractivity contribution in [1.82, 2.24) is 4.98 Å². The van der Waals surface area contributed by atoms with Gasteiger partial charge < -0.3 is 43.0 Å². The molecule has 7 aromatic rings. The van der Waals surface area contributed by atoms with Gasteiger partial charge in [0.1, 0.15) is 47.4 Å². The summed E-state index contributed by atoms with van der Waals surface area (Å²) >= 11 is 0. The highest BCUT2D eigenvalue weighted by atomic mass is 19.1. The van der Waals surface area contributed by atoms with Gasteiger partial charge in [0.05, 0.1) is 57.7 Å². The summed E-state index contributed by atoms with van der Waals surface area (Å²) in [4.78, 5) is 28.9. The van der Waals surface area contributed by atoms with Crippen molar-refractivity contribution in [3.05, 3.63) is 148 Å². The van der Waals surface area contributed by atoms with Gasteiger partial charge in [0.25, 0.3) is 0 Å². The Bertz CT molecular complexity index is 2510. The van der Waals surface area contributed by atoms with Crippen molar-refractivity contribution in [3.63, 3.8) is 0 Å². The van der Waals surface area contributed by atoms with Gasteiger partial charge in [-0.25, -0.2) is 0 Å². The quantitative estimate of drug-likeness (QED) is 0.0775. The number of hydrogen-bond donors (Lipinski definition) is 1. The first kappa shape index (κ1) is 45.5. The Morgan fingerprint density at radius 3 is 1.59 bits per heavy atom. The Hall–Kier alpha value is -6.54. The van der Waals surface area contributed by atoms with Gasteiger partial charge in [-0.2, -0.15) is 0 Å². The molecule has 320 valence electrons. The van der Waals surface area contributed by atoms with Gasteiger partial charge in [-0.15, -0.1) is 0 Å². The van der Waals surface area contributed by atoms with Crippen molar-refractivity contribution in [3.8, 4) is 45.6 Å². The summed E-state index contributed by atoms with van der Waals surface area (Å²) in [6.07, 6.45) is 4.37. The summed E-state index contributed by atoms with van der Waals surface area (Å²) in [5.74, 6) is 3.93. The highest BCUT2D eigenvalue weighted by Crippen LogP contribution is 2.30. The lowest BCUT2D eigenvalue weighted by Gasteiger charge is -2.11. The smallest absolute Gasteiger partial charge is 0.193 e. The summed E-state index contributed by atoms with van der Waals surface area (Å²) in [5.41, 5.74) is 8.92. The zero-order valence-corrected chi connectivity index (χ0v) is 34.6. The fourth-order valence-corrected chi connectivity index (χ4v) is 6.17. The molecule has 3 aromatic heterocycles. The maximum Gasteiger partial charge on any atom is 0.193 e. The van der Waals surface area contributed by atoms with Gasteiger partial charge in [-0.05, 0) is 92.1 Å². The van der Waals surface area contributed by atoms with E-state index in [0.717, 1.165) is 47.6 Å². The number of rotatable bonds is 19. The molecule has 4 aromatic carbocycles. The van der Waals surface area contributed by atoms with Gasteiger partial charge in [-0.3, -0.25) is 19.0 Å². The zero-order chi connectivity index (χ0) is 43.2. The van der Waals surface area contributed by atoms with E-state index in [-0.39, 0.29) is 10.9 Å². The van der Waals surface area contributed by atoms with Crippen LogP contribution in [0.4, 0.5) is 4.39 Å². The van der Waals surface area contributed by atoms with E-state index in [4.69, 9.17) is 43.0 Å². The standard InChI is InChI=1S/C28H29NO6.C19H19NO4.CH3F/c1-31-26-14-15-29-23(28(26)32-2)8-5-6-16-33-17-18-34-21-12-10-20(11-13-21)27-19-24(30)22-7-3-4-9-25(22)35-27;20-9-10-22-11-12-23-15-7-5-14(6-8-15)19-13-17(21)16-3-1-2-4-18(16)24-19;1-2/h3-4,7,9-15,19H,5-6,8,16-18H2,1-2H3;1-8,13H,9-12,20H2;1H3. The van der Waals surface area contributed by atoms with Crippen LogP contribution in [0.1, 0.15) is 18.5 Å². The first-order valence-electron chi connectivity index (χ1n) is 19.8. The molecule has 0 aliphatic carbocycles. The van der Waals surface area contributed by atoms with Crippen LogP contribution >= 0.6 is 0 Å². The minimum Gasteiger partial charge on any atom is -0.493 e. The molecule has 0 fully saturated rings. The third kappa shape index (κ3) is 13.2. The molecule has 13 heteroatoms. The van der Waals surface area contributed by atoms with E-state index in [1.165, 1.54) is 12.1 Å². The molecule has 0 saturated heterocycles. The monoisotopic (exact) mass is 834 g/mol. The maximum atomic E-state index is 12.3. The molecule has 0 spiro atoms. The van der Waals surface area contributed by atoms with Crippen LogP contribution in [0.25, 0.3) is 44.6 Å². The number of fused-ring (bicyclic) bond motifs is 2. The van der Waals surface area contributed by atoms with E-state index < -0.39 is 0 Å². The Kier molecular flexibility index (Phi) is 18.3. The summed E-state index contributed by atoms with van der Waals surface area (Å²) < 4.78 is 54.2. The SMILES string of the molecule is CF.COc1ccnc(CCCCOCCOc2ccc(-c3cc(=O)c4ccccc4o3)cc2)c1OC.NCCOCCOc1ccc(-c2cc(=O)c3ccccc3o2)cc1. The second-order valence-corrected chi connectivity index (χ2v) is 13.2. The van der Waals surface area contributed by atoms with Gasteiger partial charge in [-0.1, -0.05) is 24.3 Å². The van der Waals surface area contributed by atoms with Crippen molar-refractivity contribution in [2.45, 2.75) is 19.3 Å². The van der Waals surface area contributed by atoms with Crippen LogP contribution < -0.4 is 35.5 Å². The molecular formula is C48H51FN2O10. The van der Waals surface area contributed by atoms with Gasteiger partial charge in [0.2, 0.25) is 0 Å². The number of methoxy groups -OCH3 is 2. The number of halogens is 1. The number of hydrogen-bond acceptors (Lipinski definition) is 12. The average Bonchev–Trinajstić information content (AvgIpc) is 3.31. The second-order valence-electron chi connectivity index (χ2n) is 13.2. The second kappa shape index (κ2) is 24.5. The van der Waals surface area contributed by atoms with Crippen LogP contribution in [0.5, 0.6) is 23.0 Å². The van der Waals surface area contributed by atoms with Crippen molar-refractivity contribution >= 4 is 21.9 Å². The molecule has 0 aliphatic rings. The molecule has 0 unspecified atom stereocenters. The number of nitrogens with two attached hydrogens (primary N) is 1. The lowest BCUT2D eigenvalue weighted by Crippen LogP contribution is -2.13. The Balaban J connectivity index is 0.000000236. The number of aryl methyl sites for hydroxylation is 1. The Labute approximate surface area is 353 Å². The largest absolute Gasteiger partial charge is 0.493 e. The molecule has 0 aliphatic heterocycles. The van der Waals surface area contributed by atoms with E-state index in [1.807, 2.05) is 72.8 Å². The molecule has 12 nitrogen and oxygen atoms in total. The normalized spacial score (nSPS) is 10.6. The summed E-state index contributed by atoms with van der Waals surface area (Å²) in [7, 11) is 3.75. The molecule has 7 rings (SSSR count). The van der Waals surface area contributed by atoms with E-state index in [1.54, 1.807) is 50.7 Å². The van der Waals surface area contributed by atoms with Crippen LogP contribution in [-0.2, 0) is 15.9 Å². The molecule has 0 amide bonds. The van der Waals surface area contributed by atoms with Gasteiger partial charge >= 0.3 is 0 Å². The number of aromatic nitrogens is 1. The fourth-order valence-electron chi connectivity index (χ4n) is 6.17. The molecule has 3 heterocycles. The average molecular weight is 835 g/mol. The predicted molar refractivity (Wildman–Crippen MR) is 235 cm³/mol. The van der Waals surface area contributed by atoms with Crippen LogP contribution in [0, 0.1) is 0 Å². The van der Waals surface area contributed by atoms with E-state index >= 15 is 0 Å². The highest BCUT2D eigenvalue weighted by molar-refractivity contribution is 5.79. The molecule has 2 N–H and O–H groups in total. The topological polar surface area (TPSA) is 155 Å². The number of ether oxygens (including phenoxy) is 6. The number of benzene rings is 4. The number of nitrogens with zero attached hydrogens (tertiary/aromatic N) is 1. The van der Waals surface area contributed by atoms with Crippen molar-refractivity contribution in [1.29, 1.82) is 0 Å². The number of para-hydroxylation sites is 2. The molecule has 0 radical (unpaired) electrons. The summed E-state index contributed by atoms with van der Waals surface area (Å²) in [6.45, 7) is 3.60. The third-order valence-corrected chi connectivity index (χ3v) is 9.12. The van der Waals surface area contributed by atoms with Gasteiger partial charge in [0, 0.05) is 48.7 Å². The number of unbranched alkanes of at least 4 members (excludes halogenated alkanes) is 1. The zero-order valence-electron chi connectivity index (χ0n) is 34.6. The van der Waals surface area contributed by atoms with Crippen LogP contribution in [0.2, 0.25) is 0 Å². The van der Waals surface area contributed by atoms with Crippen molar-refractivity contribution in [2.24, 2.45) is 5.73 Å². The number of alkyl halides is 1. The van der Waals surface area contributed by atoms with E-state index in [9.17, 15) is 14.0 Å². The third-order valence-electron chi connectivity index (χ3n) is 9.12. The van der Waals surface area contributed by atoms with Crippen molar-refractivity contribution < 1.29 is 41.6 Å². The van der Waals surface area contributed by atoms with Crippen LogP contribution in [0.15, 0.2) is 140 Å². The lowest BCUT2D eigenvalue weighted by atomic mass is 10.1. The summed E-state index contributed by atoms with van der Waals surface area (Å²) in [5, 5.41) is 1.16. The van der Waals surface area contributed by atoms with Crippen LogP contribution in [-0.4, -0.2) is 72.6 Å². The fraction of sp³-hybridized carbons (Fsp3) is 0.271. The Morgan fingerprint density at radius 1 is 0.590 bits per heavy atom. The minimum absolute atomic E-state index is 0.0516. The first-order chi connectivity index (χ1) is 30.0. The van der Waals surface area contributed by atoms with E-state index in [0.29, 0.717) is 98.3 Å². The molecule has 0 atom stereocenters. The van der Waals surface area contributed by atoms with Crippen molar-refractivity contribution in [2.75, 3.05) is 67.6 Å². The number of pyridine rings is 1. The molecular weight excluding hydrogens is 784 g/mol. The van der Waals surface area contributed by atoms with Gasteiger partial charge in [0.15, 0.2) is 22.4 Å². The predicted octanol–water partition coefficient (Wildman–Crippen LogP) is 8.69. The Morgan fingerprint density at radius 2 is 1.10 bits per heavy atom. The lowest BCUT2D eigenvalue weighted by molar-refractivity contribution is 0.0974. The van der Waals surface area contributed by atoms with Crippen LogP contribution in [0.3, 0.4) is 0 Å². The molecule has 0 saturated carbocycles. The first-order valence-corrected chi connectivity index (χ1v) is 19.8. The minimum atomic E-state index is -0.0572. The summed E-state index contributed by atoms with van der Waals surface area (Å²) in [6, 6.07) is 34.2.